The molecule has 146 valence electrons. The maximum absolute atomic E-state index is 5.12. The third-order valence-electron chi connectivity index (χ3n) is 4.68. The number of para-hydroxylation sites is 1. The van der Waals surface area contributed by atoms with E-state index in [1.807, 2.05) is 10.7 Å². The summed E-state index contributed by atoms with van der Waals surface area (Å²) in [5, 5.41) is 11.4. The van der Waals surface area contributed by atoms with Crippen LogP contribution in [-0.4, -0.2) is 61.1 Å². The van der Waals surface area contributed by atoms with Crippen molar-refractivity contribution in [3.05, 3.63) is 42.0 Å². The maximum Gasteiger partial charge on any atom is 0.191 e. The van der Waals surface area contributed by atoms with Gasteiger partial charge in [-0.15, -0.1) is 0 Å². The van der Waals surface area contributed by atoms with Gasteiger partial charge in [0.15, 0.2) is 11.8 Å². The number of guanidine groups is 1. The molecule has 1 aromatic carbocycles. The van der Waals surface area contributed by atoms with E-state index in [-0.39, 0.29) is 6.04 Å². The third kappa shape index (κ3) is 5.19. The van der Waals surface area contributed by atoms with E-state index in [2.05, 4.69) is 61.9 Å². The molecule has 1 aliphatic rings. The Morgan fingerprint density at radius 3 is 2.93 bits per heavy atom. The fourth-order valence-electron chi connectivity index (χ4n) is 3.21. The average molecular weight is 371 g/mol. The molecule has 3 rings (SSSR count). The summed E-state index contributed by atoms with van der Waals surface area (Å²) >= 11 is 0. The molecule has 1 aromatic heterocycles. The number of nitrogens with one attached hydrogen (secondary N) is 2. The number of ether oxygens (including phenoxy) is 1. The van der Waals surface area contributed by atoms with Crippen LogP contribution in [0.3, 0.4) is 0 Å². The summed E-state index contributed by atoms with van der Waals surface area (Å²) in [6.45, 7) is 2.94. The van der Waals surface area contributed by atoms with Crippen LogP contribution in [0.25, 0.3) is 0 Å². The Hall–Kier alpha value is -2.61. The molecule has 0 aliphatic carbocycles. The van der Waals surface area contributed by atoms with Gasteiger partial charge in [0.1, 0.15) is 12.4 Å². The molecule has 0 saturated heterocycles. The van der Waals surface area contributed by atoms with Crippen LogP contribution < -0.4 is 15.5 Å². The maximum atomic E-state index is 5.12. The van der Waals surface area contributed by atoms with Crippen molar-refractivity contribution < 1.29 is 4.74 Å². The SMILES string of the molecule is CN=C(NCCN(C)c1ccccc1)NC1CCc2nc(COC)nn2C1. The molecule has 1 aliphatic heterocycles. The van der Waals surface area contributed by atoms with Crippen LogP contribution in [0, 0.1) is 0 Å². The van der Waals surface area contributed by atoms with Gasteiger partial charge in [-0.05, 0) is 18.6 Å². The molecule has 0 spiro atoms. The van der Waals surface area contributed by atoms with Crippen molar-refractivity contribution in [2.24, 2.45) is 4.99 Å². The van der Waals surface area contributed by atoms with Gasteiger partial charge in [-0.25, -0.2) is 9.67 Å². The van der Waals surface area contributed by atoms with Crippen LogP contribution in [-0.2, 0) is 24.3 Å². The number of methoxy groups -OCH3 is 1. The lowest BCUT2D eigenvalue weighted by Crippen LogP contribution is -2.48. The molecule has 0 saturated carbocycles. The second-order valence-electron chi connectivity index (χ2n) is 6.70. The van der Waals surface area contributed by atoms with Crippen molar-refractivity contribution in [3.63, 3.8) is 0 Å². The first-order valence-electron chi connectivity index (χ1n) is 9.34. The smallest absolute Gasteiger partial charge is 0.191 e. The highest BCUT2D eigenvalue weighted by Crippen LogP contribution is 2.13. The molecule has 1 unspecified atom stereocenters. The lowest BCUT2D eigenvalue weighted by atomic mass is 10.1. The summed E-state index contributed by atoms with van der Waals surface area (Å²) < 4.78 is 7.10. The van der Waals surface area contributed by atoms with E-state index >= 15 is 0 Å². The number of hydrogen-bond donors (Lipinski definition) is 2. The summed E-state index contributed by atoms with van der Waals surface area (Å²) in [7, 11) is 5.56. The minimum absolute atomic E-state index is 0.285. The van der Waals surface area contributed by atoms with E-state index < -0.39 is 0 Å². The van der Waals surface area contributed by atoms with Crippen LogP contribution in [0.4, 0.5) is 5.69 Å². The molecular formula is C19H29N7O. The predicted molar refractivity (Wildman–Crippen MR) is 107 cm³/mol. The molecule has 0 bridgehead atoms. The number of aliphatic imine (C=N–C) groups is 1. The van der Waals surface area contributed by atoms with Gasteiger partial charge in [0.25, 0.3) is 0 Å². The Morgan fingerprint density at radius 2 is 2.19 bits per heavy atom. The van der Waals surface area contributed by atoms with E-state index in [9.17, 15) is 0 Å². The summed E-state index contributed by atoms with van der Waals surface area (Å²) in [4.78, 5) is 11.1. The number of likely N-dealkylation sites (N-methyl/N-ethyl adjacent to an activating group) is 1. The number of anilines is 1. The van der Waals surface area contributed by atoms with Crippen LogP contribution in [0.2, 0.25) is 0 Å². The van der Waals surface area contributed by atoms with E-state index in [0.29, 0.717) is 6.61 Å². The summed E-state index contributed by atoms with van der Waals surface area (Å²) in [5.41, 5.74) is 1.21. The first kappa shape index (κ1) is 19.2. The van der Waals surface area contributed by atoms with E-state index in [1.54, 1.807) is 14.2 Å². The highest BCUT2D eigenvalue weighted by Gasteiger charge is 2.22. The molecule has 8 heteroatoms. The zero-order chi connectivity index (χ0) is 19.1. The molecule has 27 heavy (non-hydrogen) atoms. The zero-order valence-electron chi connectivity index (χ0n) is 16.4. The monoisotopic (exact) mass is 371 g/mol. The molecular weight excluding hydrogens is 342 g/mol. The Balaban J connectivity index is 1.46. The molecule has 0 radical (unpaired) electrons. The number of rotatable bonds is 7. The molecule has 2 N–H and O–H groups in total. The largest absolute Gasteiger partial charge is 0.377 e. The van der Waals surface area contributed by atoms with Crippen LogP contribution >= 0.6 is 0 Å². The van der Waals surface area contributed by atoms with Crippen molar-refractivity contribution in [2.45, 2.75) is 32.0 Å². The molecule has 8 nitrogen and oxygen atoms in total. The van der Waals surface area contributed by atoms with Crippen molar-refractivity contribution in [2.75, 3.05) is 39.2 Å². The fraction of sp³-hybridized carbons (Fsp3) is 0.526. The standard InChI is InChI=1S/C19H29N7O/c1-20-19(21-11-12-25(2)16-7-5-4-6-8-16)22-15-9-10-18-23-17(14-27-3)24-26(18)13-15/h4-8,15H,9-14H2,1-3H3,(H2,20,21,22). The van der Waals surface area contributed by atoms with E-state index in [0.717, 1.165) is 50.1 Å². The van der Waals surface area contributed by atoms with Gasteiger partial charge in [0, 0.05) is 52.4 Å². The number of nitrogens with zero attached hydrogens (tertiary/aromatic N) is 5. The Morgan fingerprint density at radius 1 is 1.37 bits per heavy atom. The number of aryl methyl sites for hydroxylation is 1. The summed E-state index contributed by atoms with van der Waals surface area (Å²) in [6.07, 6.45) is 1.91. The minimum atomic E-state index is 0.285. The number of fused-ring (bicyclic) bond motifs is 1. The van der Waals surface area contributed by atoms with Crippen LogP contribution in [0.15, 0.2) is 35.3 Å². The topological polar surface area (TPSA) is 79.6 Å². The lowest BCUT2D eigenvalue weighted by molar-refractivity contribution is 0.177. The zero-order valence-corrected chi connectivity index (χ0v) is 16.4. The normalized spacial score (nSPS) is 16.7. The number of aromatic nitrogens is 3. The van der Waals surface area contributed by atoms with Crippen molar-refractivity contribution in [3.8, 4) is 0 Å². The van der Waals surface area contributed by atoms with E-state index in [1.165, 1.54) is 5.69 Å². The minimum Gasteiger partial charge on any atom is -0.377 e. The van der Waals surface area contributed by atoms with Gasteiger partial charge in [0.05, 0.1) is 6.54 Å². The molecule has 1 atom stereocenters. The van der Waals surface area contributed by atoms with Gasteiger partial charge in [-0.2, -0.15) is 5.10 Å². The van der Waals surface area contributed by atoms with Gasteiger partial charge in [-0.3, -0.25) is 4.99 Å². The van der Waals surface area contributed by atoms with Gasteiger partial charge in [-0.1, -0.05) is 18.2 Å². The van der Waals surface area contributed by atoms with Gasteiger partial charge < -0.3 is 20.3 Å². The van der Waals surface area contributed by atoms with E-state index in [4.69, 9.17) is 4.74 Å². The Kier molecular flexibility index (Phi) is 6.64. The van der Waals surface area contributed by atoms with Crippen LogP contribution in [0.5, 0.6) is 0 Å². The molecule has 2 aromatic rings. The van der Waals surface area contributed by atoms with Gasteiger partial charge >= 0.3 is 0 Å². The molecule has 0 amide bonds. The summed E-state index contributed by atoms with van der Waals surface area (Å²) in [5.74, 6) is 2.61. The average Bonchev–Trinajstić information content (AvgIpc) is 3.09. The van der Waals surface area contributed by atoms with Gasteiger partial charge in [0.2, 0.25) is 0 Å². The second kappa shape index (κ2) is 9.36. The van der Waals surface area contributed by atoms with Crippen molar-refractivity contribution in [1.82, 2.24) is 25.4 Å². The molecule has 2 heterocycles. The fourth-order valence-corrected chi connectivity index (χ4v) is 3.21. The van der Waals surface area contributed by atoms with Crippen LogP contribution in [0.1, 0.15) is 18.1 Å². The van der Waals surface area contributed by atoms with Crippen molar-refractivity contribution >= 4 is 11.6 Å². The third-order valence-corrected chi connectivity index (χ3v) is 4.68. The quantitative estimate of drug-likeness (QED) is 0.559. The number of benzene rings is 1. The number of hydrogen-bond acceptors (Lipinski definition) is 5. The van der Waals surface area contributed by atoms with Crippen molar-refractivity contribution in [1.29, 1.82) is 0 Å². The highest BCUT2D eigenvalue weighted by atomic mass is 16.5. The predicted octanol–water partition coefficient (Wildman–Crippen LogP) is 1.04. The second-order valence-corrected chi connectivity index (χ2v) is 6.70. The first-order chi connectivity index (χ1) is 13.2. The Bertz CT molecular complexity index is 744. The lowest BCUT2D eigenvalue weighted by Gasteiger charge is -2.26. The highest BCUT2D eigenvalue weighted by molar-refractivity contribution is 5.80. The Labute approximate surface area is 160 Å². The summed E-state index contributed by atoms with van der Waals surface area (Å²) in [6, 6.07) is 10.7. The first-order valence-corrected chi connectivity index (χ1v) is 9.34. The molecule has 0 fully saturated rings.